The summed E-state index contributed by atoms with van der Waals surface area (Å²) in [6, 6.07) is 11.1. The third kappa shape index (κ3) is 3.77. The molecule has 29 heavy (non-hydrogen) atoms. The van der Waals surface area contributed by atoms with Crippen LogP contribution in [0.5, 0.6) is 0 Å². The van der Waals surface area contributed by atoms with Gasteiger partial charge in [-0.3, -0.25) is 4.79 Å². The average Bonchev–Trinajstić information content (AvgIpc) is 3.32. The van der Waals surface area contributed by atoms with Gasteiger partial charge in [0.1, 0.15) is 5.52 Å². The van der Waals surface area contributed by atoms with Gasteiger partial charge in [-0.25, -0.2) is 9.97 Å². The Labute approximate surface area is 171 Å². The smallest absolute Gasteiger partial charge is 0.252 e. The lowest BCUT2D eigenvalue weighted by Gasteiger charge is -2.17. The summed E-state index contributed by atoms with van der Waals surface area (Å²) in [6.45, 7) is 5.86. The molecule has 0 bridgehead atoms. The fourth-order valence-electron chi connectivity index (χ4n) is 4.43. The molecule has 2 aliphatic rings. The van der Waals surface area contributed by atoms with Crippen LogP contribution >= 0.6 is 0 Å². The van der Waals surface area contributed by atoms with Crippen molar-refractivity contribution in [1.82, 2.24) is 24.8 Å². The lowest BCUT2D eigenvalue weighted by molar-refractivity contribution is 0.0949. The molecule has 2 aromatic heterocycles. The van der Waals surface area contributed by atoms with E-state index in [0.717, 1.165) is 30.8 Å². The zero-order valence-corrected chi connectivity index (χ0v) is 16.8. The summed E-state index contributed by atoms with van der Waals surface area (Å²) in [6.07, 6.45) is 7.08. The normalized spacial score (nSPS) is 19.7. The molecule has 1 atom stereocenters. The number of benzene rings is 1. The molecular formula is C23H27N5O. The first kappa shape index (κ1) is 18.3. The Morgan fingerprint density at radius 1 is 1.21 bits per heavy atom. The topological polar surface area (TPSA) is 63.1 Å². The number of aryl methyl sites for hydroxylation is 1. The van der Waals surface area contributed by atoms with E-state index in [-0.39, 0.29) is 5.91 Å². The highest BCUT2D eigenvalue weighted by atomic mass is 16.1. The Morgan fingerprint density at radius 3 is 2.90 bits per heavy atom. The van der Waals surface area contributed by atoms with Crippen molar-refractivity contribution in [2.45, 2.75) is 38.1 Å². The summed E-state index contributed by atoms with van der Waals surface area (Å²) in [5.41, 5.74) is 5.09. The molecule has 6 heteroatoms. The van der Waals surface area contributed by atoms with Crippen LogP contribution in [-0.4, -0.2) is 51.5 Å². The molecule has 150 valence electrons. The van der Waals surface area contributed by atoms with Crippen LogP contribution in [0.2, 0.25) is 0 Å². The predicted molar refractivity (Wildman–Crippen MR) is 113 cm³/mol. The van der Waals surface area contributed by atoms with Crippen LogP contribution in [0, 0.1) is 6.92 Å². The summed E-state index contributed by atoms with van der Waals surface area (Å²) in [4.78, 5) is 23.9. The number of aromatic nitrogens is 3. The van der Waals surface area contributed by atoms with Gasteiger partial charge in [0.25, 0.3) is 5.91 Å². The first-order chi connectivity index (χ1) is 14.2. The van der Waals surface area contributed by atoms with E-state index in [2.05, 4.69) is 55.9 Å². The molecule has 1 aliphatic heterocycles. The highest BCUT2D eigenvalue weighted by Gasteiger charge is 2.26. The number of nitrogens with one attached hydrogen (secondary N) is 1. The number of hydrogen-bond donors (Lipinski definition) is 1. The van der Waals surface area contributed by atoms with Gasteiger partial charge < -0.3 is 14.8 Å². The van der Waals surface area contributed by atoms with Crippen LogP contribution in [0.25, 0.3) is 11.2 Å². The minimum absolute atomic E-state index is 0.0741. The summed E-state index contributed by atoms with van der Waals surface area (Å²) in [7, 11) is 0. The van der Waals surface area contributed by atoms with Gasteiger partial charge in [-0.05, 0) is 55.8 Å². The van der Waals surface area contributed by atoms with Gasteiger partial charge in [-0.1, -0.05) is 24.3 Å². The highest BCUT2D eigenvalue weighted by molar-refractivity contribution is 5.96. The van der Waals surface area contributed by atoms with Crippen molar-refractivity contribution in [1.29, 1.82) is 0 Å². The van der Waals surface area contributed by atoms with Crippen LogP contribution in [0.15, 0.2) is 42.9 Å². The van der Waals surface area contributed by atoms with E-state index in [4.69, 9.17) is 0 Å². The molecule has 0 radical (unpaired) electrons. The monoisotopic (exact) mass is 389 g/mol. The van der Waals surface area contributed by atoms with E-state index in [0.29, 0.717) is 24.1 Å². The number of carbonyl (C=O) groups excluding carboxylic acids is 1. The number of likely N-dealkylation sites (tertiary alicyclic amines) is 1. The Kier molecular flexibility index (Phi) is 4.79. The molecule has 1 amide bonds. The molecular weight excluding hydrogens is 362 g/mol. The molecule has 6 nitrogen and oxygen atoms in total. The minimum atomic E-state index is -0.0741. The minimum Gasteiger partial charge on any atom is -0.351 e. The fraction of sp³-hybridized carbons (Fsp3) is 0.435. The Morgan fingerprint density at radius 2 is 2.07 bits per heavy atom. The van der Waals surface area contributed by atoms with Gasteiger partial charge in [0.2, 0.25) is 0 Å². The maximum absolute atomic E-state index is 12.5. The van der Waals surface area contributed by atoms with E-state index in [1.54, 1.807) is 6.20 Å². The molecule has 3 aromatic rings. The standard InChI is InChI=1S/C23H27N5O/c1-16-4-2-3-5-20(16)17-8-10-27(14-17)11-9-24-23(29)18-12-21-22(25-13-18)28(15-26-21)19-6-7-19/h2-5,12-13,15,17,19H,6-11,14H2,1H3,(H,24,29). The van der Waals surface area contributed by atoms with Crippen LogP contribution in [0.1, 0.15) is 52.7 Å². The Bertz CT molecular complexity index is 1040. The van der Waals surface area contributed by atoms with E-state index in [9.17, 15) is 4.79 Å². The molecule has 1 unspecified atom stereocenters. The van der Waals surface area contributed by atoms with E-state index in [1.165, 1.54) is 30.4 Å². The number of hydrogen-bond acceptors (Lipinski definition) is 4. The van der Waals surface area contributed by atoms with Crippen molar-refractivity contribution in [3.05, 3.63) is 59.5 Å². The largest absolute Gasteiger partial charge is 0.351 e. The summed E-state index contributed by atoms with van der Waals surface area (Å²) >= 11 is 0. The molecule has 3 heterocycles. The molecule has 1 aromatic carbocycles. The second-order valence-electron chi connectivity index (χ2n) is 8.35. The molecule has 1 aliphatic carbocycles. The Balaban J connectivity index is 1.14. The molecule has 1 N–H and O–H groups in total. The number of nitrogens with zero attached hydrogens (tertiary/aromatic N) is 4. The second kappa shape index (κ2) is 7.59. The number of rotatable bonds is 6. The van der Waals surface area contributed by atoms with Gasteiger partial charge >= 0.3 is 0 Å². The van der Waals surface area contributed by atoms with Crippen molar-refractivity contribution >= 4 is 17.1 Å². The third-order valence-electron chi connectivity index (χ3n) is 6.23. The molecule has 2 fully saturated rings. The lowest BCUT2D eigenvalue weighted by atomic mass is 9.94. The summed E-state index contributed by atoms with van der Waals surface area (Å²) < 4.78 is 2.12. The first-order valence-corrected chi connectivity index (χ1v) is 10.6. The maximum Gasteiger partial charge on any atom is 0.252 e. The van der Waals surface area contributed by atoms with E-state index >= 15 is 0 Å². The molecule has 1 saturated heterocycles. The van der Waals surface area contributed by atoms with E-state index < -0.39 is 0 Å². The van der Waals surface area contributed by atoms with Gasteiger partial charge in [0.05, 0.1) is 11.9 Å². The zero-order chi connectivity index (χ0) is 19.8. The highest BCUT2D eigenvalue weighted by Crippen LogP contribution is 2.36. The third-order valence-corrected chi connectivity index (χ3v) is 6.23. The van der Waals surface area contributed by atoms with Crippen LogP contribution in [-0.2, 0) is 0 Å². The fourth-order valence-corrected chi connectivity index (χ4v) is 4.43. The first-order valence-electron chi connectivity index (χ1n) is 10.6. The quantitative estimate of drug-likeness (QED) is 0.703. The SMILES string of the molecule is Cc1ccccc1C1CCN(CCNC(=O)c2cnc3c(c2)ncn3C2CC2)C1. The van der Waals surface area contributed by atoms with Crippen molar-refractivity contribution in [2.75, 3.05) is 26.2 Å². The van der Waals surface area contributed by atoms with Crippen molar-refractivity contribution in [3.8, 4) is 0 Å². The van der Waals surface area contributed by atoms with Crippen LogP contribution < -0.4 is 5.32 Å². The maximum atomic E-state index is 12.5. The number of imidazole rings is 1. The van der Waals surface area contributed by atoms with Gasteiger partial charge in [-0.2, -0.15) is 0 Å². The Hall–Kier alpha value is -2.73. The zero-order valence-electron chi connectivity index (χ0n) is 16.8. The second-order valence-corrected chi connectivity index (χ2v) is 8.35. The molecule has 0 spiro atoms. The van der Waals surface area contributed by atoms with Gasteiger partial charge in [-0.15, -0.1) is 0 Å². The van der Waals surface area contributed by atoms with Crippen LogP contribution in [0.4, 0.5) is 0 Å². The van der Waals surface area contributed by atoms with E-state index in [1.807, 2.05) is 12.4 Å². The summed E-state index contributed by atoms with van der Waals surface area (Å²) in [5.74, 6) is 0.523. The predicted octanol–water partition coefficient (Wildman–Crippen LogP) is 3.29. The van der Waals surface area contributed by atoms with Crippen LogP contribution in [0.3, 0.4) is 0 Å². The van der Waals surface area contributed by atoms with Crippen molar-refractivity contribution < 1.29 is 4.79 Å². The summed E-state index contributed by atoms with van der Waals surface area (Å²) in [5, 5.41) is 3.04. The number of fused-ring (bicyclic) bond motifs is 1. The van der Waals surface area contributed by atoms with Gasteiger partial charge in [0, 0.05) is 31.9 Å². The van der Waals surface area contributed by atoms with Crippen molar-refractivity contribution in [3.63, 3.8) is 0 Å². The number of pyridine rings is 1. The molecule has 1 saturated carbocycles. The number of carbonyl (C=O) groups is 1. The molecule has 5 rings (SSSR count). The number of amides is 1. The lowest BCUT2D eigenvalue weighted by Crippen LogP contribution is -2.33. The van der Waals surface area contributed by atoms with Crippen molar-refractivity contribution in [2.24, 2.45) is 0 Å². The average molecular weight is 390 g/mol. The van der Waals surface area contributed by atoms with Gasteiger partial charge in [0.15, 0.2) is 5.65 Å².